The fourth-order valence-corrected chi connectivity index (χ4v) is 1.89. The zero-order chi connectivity index (χ0) is 14.6. The molecule has 0 aliphatic heterocycles. The molecule has 0 atom stereocenters. The maximum atomic E-state index is 5.36. The van der Waals surface area contributed by atoms with Gasteiger partial charge in [0.25, 0.3) is 0 Å². The highest BCUT2D eigenvalue weighted by atomic mass is 16.5. The van der Waals surface area contributed by atoms with E-state index < -0.39 is 0 Å². The maximum absolute atomic E-state index is 5.36. The first-order chi connectivity index (χ1) is 9.80. The van der Waals surface area contributed by atoms with Crippen LogP contribution >= 0.6 is 0 Å². The van der Waals surface area contributed by atoms with Gasteiger partial charge in [-0.1, -0.05) is 55.8 Å². The van der Waals surface area contributed by atoms with Crippen molar-refractivity contribution in [3.8, 4) is 5.75 Å². The third-order valence-electron chi connectivity index (χ3n) is 2.97. The molecule has 0 aliphatic rings. The van der Waals surface area contributed by atoms with Crippen LogP contribution < -0.4 is 10.5 Å². The predicted octanol–water partition coefficient (Wildman–Crippen LogP) is 3.84. The van der Waals surface area contributed by atoms with Crippen molar-refractivity contribution in [1.29, 1.82) is 0 Å². The van der Waals surface area contributed by atoms with Crippen LogP contribution in [0.1, 0.15) is 24.5 Å². The maximum Gasteiger partial charge on any atom is 0.118 e. The molecule has 20 heavy (non-hydrogen) atoms. The molecule has 0 bridgehead atoms. The van der Waals surface area contributed by atoms with Gasteiger partial charge in [-0.3, -0.25) is 0 Å². The third-order valence-corrected chi connectivity index (χ3v) is 2.97. The van der Waals surface area contributed by atoms with Crippen molar-refractivity contribution >= 4 is 0 Å². The predicted molar refractivity (Wildman–Crippen MR) is 86.2 cm³/mol. The Morgan fingerprint density at radius 1 is 0.850 bits per heavy atom. The molecule has 0 unspecified atom stereocenters. The Morgan fingerprint density at radius 2 is 1.45 bits per heavy atom. The van der Waals surface area contributed by atoms with Crippen molar-refractivity contribution in [2.24, 2.45) is 5.73 Å². The van der Waals surface area contributed by atoms with Crippen LogP contribution in [0.15, 0.2) is 54.6 Å². The fraction of sp³-hybridized carbons (Fsp3) is 0.333. The van der Waals surface area contributed by atoms with E-state index in [0.29, 0.717) is 0 Å². The highest BCUT2D eigenvalue weighted by Gasteiger charge is 1.91. The SMILES string of the molecule is CCCc1ccc(OC)cc1.NCCc1ccccc1. The number of nitrogens with two attached hydrogens (primary N) is 1. The smallest absolute Gasteiger partial charge is 0.118 e. The van der Waals surface area contributed by atoms with E-state index in [9.17, 15) is 0 Å². The molecule has 0 spiro atoms. The summed E-state index contributed by atoms with van der Waals surface area (Å²) in [6.45, 7) is 2.92. The molecule has 0 radical (unpaired) electrons. The number of hydrogen-bond acceptors (Lipinski definition) is 2. The molecule has 2 aromatic carbocycles. The molecule has 2 aromatic rings. The van der Waals surface area contributed by atoms with Gasteiger partial charge in [0, 0.05) is 0 Å². The molecule has 2 rings (SSSR count). The van der Waals surface area contributed by atoms with E-state index in [1.165, 1.54) is 17.5 Å². The molecule has 0 aliphatic carbocycles. The number of rotatable bonds is 5. The summed E-state index contributed by atoms with van der Waals surface area (Å²) in [7, 11) is 1.69. The van der Waals surface area contributed by atoms with Crippen molar-refractivity contribution < 1.29 is 4.74 Å². The highest BCUT2D eigenvalue weighted by Crippen LogP contribution is 2.12. The molecule has 0 aromatic heterocycles. The first kappa shape index (κ1) is 16.3. The van der Waals surface area contributed by atoms with E-state index in [1.807, 2.05) is 30.3 Å². The minimum atomic E-state index is 0.740. The summed E-state index contributed by atoms with van der Waals surface area (Å²) < 4.78 is 5.05. The first-order valence-corrected chi connectivity index (χ1v) is 7.17. The van der Waals surface area contributed by atoms with Gasteiger partial charge >= 0.3 is 0 Å². The average molecular weight is 271 g/mol. The summed E-state index contributed by atoms with van der Waals surface area (Å²) in [4.78, 5) is 0. The average Bonchev–Trinajstić information content (AvgIpc) is 2.50. The van der Waals surface area contributed by atoms with Crippen LogP contribution in [-0.2, 0) is 12.8 Å². The molecule has 0 saturated carbocycles. The Hall–Kier alpha value is -1.80. The molecule has 0 amide bonds. The van der Waals surface area contributed by atoms with Crippen LogP contribution in [0.5, 0.6) is 5.75 Å². The van der Waals surface area contributed by atoms with Gasteiger partial charge in [0.2, 0.25) is 0 Å². The lowest BCUT2D eigenvalue weighted by atomic mass is 10.1. The van der Waals surface area contributed by atoms with E-state index in [1.54, 1.807) is 7.11 Å². The third kappa shape index (κ3) is 6.39. The van der Waals surface area contributed by atoms with E-state index in [0.717, 1.165) is 25.1 Å². The first-order valence-electron chi connectivity index (χ1n) is 7.17. The van der Waals surface area contributed by atoms with Crippen molar-refractivity contribution in [1.82, 2.24) is 0 Å². The van der Waals surface area contributed by atoms with Crippen LogP contribution in [0.25, 0.3) is 0 Å². The van der Waals surface area contributed by atoms with Gasteiger partial charge in [0.15, 0.2) is 0 Å². The topological polar surface area (TPSA) is 35.2 Å². The zero-order valence-corrected chi connectivity index (χ0v) is 12.5. The molecule has 0 fully saturated rings. The van der Waals surface area contributed by atoms with Crippen LogP contribution in [0.4, 0.5) is 0 Å². The molecule has 0 saturated heterocycles. The van der Waals surface area contributed by atoms with E-state index >= 15 is 0 Å². The van der Waals surface area contributed by atoms with Gasteiger partial charge in [0.05, 0.1) is 7.11 Å². The molecule has 108 valence electrons. The Kier molecular flexibility index (Phi) is 8.16. The lowest BCUT2D eigenvalue weighted by Crippen LogP contribution is -2.01. The molecule has 2 heteroatoms. The highest BCUT2D eigenvalue weighted by molar-refractivity contribution is 5.27. The fourth-order valence-electron chi connectivity index (χ4n) is 1.89. The van der Waals surface area contributed by atoms with Gasteiger partial charge in [-0.25, -0.2) is 0 Å². The summed E-state index contributed by atoms with van der Waals surface area (Å²) in [5.74, 6) is 0.935. The Labute approximate surface area is 122 Å². The minimum Gasteiger partial charge on any atom is -0.497 e. The summed E-state index contributed by atoms with van der Waals surface area (Å²) in [6, 6.07) is 18.5. The summed E-state index contributed by atoms with van der Waals surface area (Å²) in [6.07, 6.45) is 3.34. The number of benzene rings is 2. The van der Waals surface area contributed by atoms with Crippen LogP contribution in [-0.4, -0.2) is 13.7 Å². The number of ether oxygens (including phenoxy) is 1. The summed E-state index contributed by atoms with van der Waals surface area (Å²) >= 11 is 0. The Morgan fingerprint density at radius 3 is 1.95 bits per heavy atom. The van der Waals surface area contributed by atoms with Crippen molar-refractivity contribution in [3.63, 3.8) is 0 Å². The largest absolute Gasteiger partial charge is 0.497 e. The van der Waals surface area contributed by atoms with Gasteiger partial charge in [-0.15, -0.1) is 0 Å². The Balaban J connectivity index is 0.000000204. The molecule has 2 nitrogen and oxygen atoms in total. The second-order valence-electron chi connectivity index (χ2n) is 4.62. The Bertz CT molecular complexity index is 451. The molecular weight excluding hydrogens is 246 g/mol. The number of hydrogen-bond donors (Lipinski definition) is 1. The quantitative estimate of drug-likeness (QED) is 0.897. The monoisotopic (exact) mass is 271 g/mol. The summed E-state index contributed by atoms with van der Waals surface area (Å²) in [5, 5.41) is 0. The van der Waals surface area contributed by atoms with Crippen LogP contribution in [0.2, 0.25) is 0 Å². The standard InChI is InChI=1S/C10H14O.C8H11N/c1-3-4-9-5-7-10(11-2)8-6-9;9-7-6-8-4-2-1-3-5-8/h5-8H,3-4H2,1-2H3;1-5H,6-7,9H2. The lowest BCUT2D eigenvalue weighted by molar-refractivity contribution is 0.414. The second kappa shape index (κ2) is 10.0. The van der Waals surface area contributed by atoms with Gasteiger partial charge < -0.3 is 10.5 Å². The molecular formula is C18H25NO. The van der Waals surface area contributed by atoms with Crippen molar-refractivity contribution in [2.45, 2.75) is 26.2 Å². The van der Waals surface area contributed by atoms with Gasteiger partial charge in [0.1, 0.15) is 5.75 Å². The van der Waals surface area contributed by atoms with E-state index in [-0.39, 0.29) is 0 Å². The van der Waals surface area contributed by atoms with Crippen molar-refractivity contribution in [3.05, 3.63) is 65.7 Å². The molecule has 0 heterocycles. The van der Waals surface area contributed by atoms with E-state index in [2.05, 4.69) is 31.2 Å². The second-order valence-corrected chi connectivity index (χ2v) is 4.62. The normalized spacial score (nSPS) is 9.55. The lowest BCUT2D eigenvalue weighted by Gasteiger charge is -2.00. The molecule has 2 N–H and O–H groups in total. The summed E-state index contributed by atoms with van der Waals surface area (Å²) in [5.41, 5.74) is 8.06. The minimum absolute atomic E-state index is 0.740. The van der Waals surface area contributed by atoms with Gasteiger partial charge in [-0.2, -0.15) is 0 Å². The van der Waals surface area contributed by atoms with Crippen molar-refractivity contribution in [2.75, 3.05) is 13.7 Å². The zero-order valence-electron chi connectivity index (χ0n) is 12.5. The number of aryl methyl sites for hydroxylation is 1. The number of methoxy groups -OCH3 is 1. The van der Waals surface area contributed by atoms with Crippen LogP contribution in [0.3, 0.4) is 0 Å². The van der Waals surface area contributed by atoms with Crippen LogP contribution in [0, 0.1) is 0 Å². The van der Waals surface area contributed by atoms with Gasteiger partial charge in [-0.05, 0) is 42.6 Å². The van der Waals surface area contributed by atoms with E-state index in [4.69, 9.17) is 10.5 Å².